The average Bonchev–Trinajstić information content (AvgIpc) is 2.59. The number of carbonyl (C=O) groups is 3. The van der Waals surface area contributed by atoms with E-state index in [0.29, 0.717) is 25.9 Å². The second-order valence-corrected chi connectivity index (χ2v) is 8.52. The monoisotopic (exact) mass is 428 g/mol. The maximum atomic E-state index is 12.6. The highest BCUT2D eigenvalue weighted by atomic mass is 19.4. The topological polar surface area (TPSA) is 84.9 Å². The Morgan fingerprint density at radius 1 is 1.17 bits per heavy atom. The number of rotatable bonds is 1. The number of anilines is 1. The standard InChI is InChI=1S/C20H23F3N2O5/c1-18(2,3)30-17(28)25-8-6-19(7-9-25)11-14(26)13-5-4-12(10-15(13)29-19)24-16(27)20(21,22)23/h4-5,10H,6-9,11H2,1-3H3,(H,24,27). The maximum Gasteiger partial charge on any atom is 0.471 e. The van der Waals surface area contributed by atoms with E-state index in [-0.39, 0.29) is 29.2 Å². The first-order valence-corrected chi connectivity index (χ1v) is 9.50. The van der Waals surface area contributed by atoms with Crippen molar-refractivity contribution in [1.82, 2.24) is 4.90 Å². The van der Waals surface area contributed by atoms with Crippen LogP contribution in [-0.2, 0) is 9.53 Å². The highest BCUT2D eigenvalue weighted by Gasteiger charge is 2.44. The van der Waals surface area contributed by atoms with Gasteiger partial charge in [0.05, 0.1) is 12.0 Å². The number of halogens is 3. The van der Waals surface area contributed by atoms with Crippen molar-refractivity contribution in [1.29, 1.82) is 0 Å². The zero-order valence-corrected chi connectivity index (χ0v) is 16.9. The van der Waals surface area contributed by atoms with Gasteiger partial charge < -0.3 is 19.7 Å². The Morgan fingerprint density at radius 3 is 2.37 bits per heavy atom. The van der Waals surface area contributed by atoms with E-state index < -0.39 is 29.4 Å². The lowest BCUT2D eigenvalue weighted by molar-refractivity contribution is -0.167. The molecule has 2 aliphatic heterocycles. The molecule has 0 aliphatic carbocycles. The van der Waals surface area contributed by atoms with Crippen LogP contribution in [0.25, 0.3) is 0 Å². The number of nitrogens with one attached hydrogen (secondary N) is 1. The van der Waals surface area contributed by atoms with Crippen molar-refractivity contribution in [3.05, 3.63) is 23.8 Å². The number of fused-ring (bicyclic) bond motifs is 1. The molecule has 0 bridgehead atoms. The average molecular weight is 428 g/mol. The summed E-state index contributed by atoms with van der Waals surface area (Å²) in [6.07, 6.45) is -4.62. The largest absolute Gasteiger partial charge is 0.486 e. The summed E-state index contributed by atoms with van der Waals surface area (Å²) < 4.78 is 48.9. The zero-order valence-electron chi connectivity index (χ0n) is 16.9. The van der Waals surface area contributed by atoms with Crippen LogP contribution in [0.15, 0.2) is 18.2 Å². The van der Waals surface area contributed by atoms with Crippen LogP contribution in [0, 0.1) is 0 Å². The maximum absolute atomic E-state index is 12.6. The van der Waals surface area contributed by atoms with E-state index in [2.05, 4.69) is 0 Å². The molecule has 1 fully saturated rings. The molecule has 1 aromatic rings. The molecule has 3 rings (SSSR count). The quantitative estimate of drug-likeness (QED) is 0.733. The van der Waals surface area contributed by atoms with E-state index in [1.165, 1.54) is 18.2 Å². The third kappa shape index (κ3) is 4.85. The van der Waals surface area contributed by atoms with E-state index in [1.807, 2.05) is 0 Å². The first-order chi connectivity index (χ1) is 13.8. The number of amides is 2. The smallest absolute Gasteiger partial charge is 0.471 e. The van der Waals surface area contributed by atoms with Crippen molar-refractivity contribution in [2.24, 2.45) is 0 Å². The minimum Gasteiger partial charge on any atom is -0.486 e. The minimum atomic E-state index is -5.03. The fourth-order valence-electron chi connectivity index (χ4n) is 3.48. The number of hydrogen-bond donors (Lipinski definition) is 1. The first-order valence-electron chi connectivity index (χ1n) is 9.50. The Balaban J connectivity index is 1.72. The van der Waals surface area contributed by atoms with E-state index in [9.17, 15) is 27.6 Å². The molecule has 0 atom stereocenters. The molecule has 2 heterocycles. The van der Waals surface area contributed by atoms with E-state index >= 15 is 0 Å². The van der Waals surface area contributed by atoms with Gasteiger partial charge in [0, 0.05) is 37.7 Å². The lowest BCUT2D eigenvalue weighted by Crippen LogP contribution is -2.53. The van der Waals surface area contributed by atoms with Gasteiger partial charge in [-0.15, -0.1) is 0 Å². The van der Waals surface area contributed by atoms with Gasteiger partial charge >= 0.3 is 18.2 Å². The summed E-state index contributed by atoms with van der Waals surface area (Å²) in [6, 6.07) is 3.79. The number of piperidine rings is 1. The summed E-state index contributed by atoms with van der Waals surface area (Å²) >= 11 is 0. The molecule has 0 aromatic heterocycles. The van der Waals surface area contributed by atoms with Gasteiger partial charge in [-0.25, -0.2) is 4.79 Å². The fraction of sp³-hybridized carbons (Fsp3) is 0.550. The van der Waals surface area contributed by atoms with E-state index in [1.54, 1.807) is 31.0 Å². The molecule has 1 N–H and O–H groups in total. The molecule has 1 aromatic carbocycles. The number of hydrogen-bond acceptors (Lipinski definition) is 5. The van der Waals surface area contributed by atoms with Gasteiger partial charge in [-0.3, -0.25) is 9.59 Å². The van der Waals surface area contributed by atoms with Gasteiger partial charge in [0.1, 0.15) is 17.0 Å². The van der Waals surface area contributed by atoms with Crippen molar-refractivity contribution in [2.75, 3.05) is 18.4 Å². The van der Waals surface area contributed by atoms with Crippen molar-refractivity contribution >= 4 is 23.5 Å². The number of alkyl halides is 3. The third-order valence-electron chi connectivity index (χ3n) is 4.93. The molecular weight excluding hydrogens is 405 g/mol. The number of likely N-dealkylation sites (tertiary alicyclic amines) is 1. The van der Waals surface area contributed by atoms with Crippen LogP contribution in [0.3, 0.4) is 0 Å². The van der Waals surface area contributed by atoms with Crippen LogP contribution in [0.4, 0.5) is 23.7 Å². The Labute approximate surface area is 171 Å². The summed E-state index contributed by atoms with van der Waals surface area (Å²) in [5.41, 5.74) is -1.35. The molecule has 0 radical (unpaired) electrons. The lowest BCUT2D eigenvalue weighted by Gasteiger charge is -2.44. The normalized spacial score (nSPS) is 18.5. The Morgan fingerprint density at radius 2 is 1.80 bits per heavy atom. The summed E-state index contributed by atoms with van der Waals surface area (Å²) in [5.74, 6) is -2.18. The predicted molar refractivity (Wildman–Crippen MR) is 100 cm³/mol. The molecule has 7 nitrogen and oxygen atoms in total. The molecule has 0 saturated carbocycles. The predicted octanol–water partition coefficient (Wildman–Crippen LogP) is 3.92. The summed E-state index contributed by atoms with van der Waals surface area (Å²) in [5, 5.41) is 1.76. The number of ketones is 1. The SMILES string of the molecule is CC(C)(C)OC(=O)N1CCC2(CC1)CC(=O)c1ccc(NC(=O)C(F)(F)F)cc1O2. The van der Waals surface area contributed by atoms with Crippen LogP contribution < -0.4 is 10.1 Å². The van der Waals surface area contributed by atoms with Gasteiger partial charge in [-0.1, -0.05) is 0 Å². The lowest BCUT2D eigenvalue weighted by atomic mass is 9.82. The molecular formula is C20H23F3N2O5. The molecule has 1 saturated heterocycles. The van der Waals surface area contributed by atoms with Crippen LogP contribution in [0.5, 0.6) is 5.75 Å². The number of Topliss-reactive ketones (excluding diaryl/α,β-unsaturated/α-hetero) is 1. The van der Waals surface area contributed by atoms with Crippen molar-refractivity contribution in [3.63, 3.8) is 0 Å². The third-order valence-corrected chi connectivity index (χ3v) is 4.93. The van der Waals surface area contributed by atoms with Crippen LogP contribution >= 0.6 is 0 Å². The van der Waals surface area contributed by atoms with Crippen molar-refractivity contribution < 1.29 is 37.0 Å². The molecule has 10 heteroatoms. The molecule has 1 spiro atoms. The van der Waals surface area contributed by atoms with E-state index in [4.69, 9.17) is 9.47 Å². The second kappa shape index (κ2) is 7.48. The molecule has 2 aliphatic rings. The molecule has 164 valence electrons. The molecule has 2 amide bonds. The van der Waals surface area contributed by atoms with Crippen molar-refractivity contribution in [2.45, 2.75) is 57.4 Å². The fourth-order valence-corrected chi connectivity index (χ4v) is 3.48. The number of nitrogens with zero attached hydrogens (tertiary/aromatic N) is 1. The van der Waals surface area contributed by atoms with Gasteiger partial charge in [-0.05, 0) is 32.9 Å². The van der Waals surface area contributed by atoms with Crippen LogP contribution in [0.2, 0.25) is 0 Å². The first kappa shape index (κ1) is 21.9. The van der Waals surface area contributed by atoms with E-state index in [0.717, 1.165) is 0 Å². The Hall–Kier alpha value is -2.78. The number of ether oxygens (including phenoxy) is 2. The van der Waals surface area contributed by atoms with Gasteiger partial charge in [0.15, 0.2) is 5.78 Å². The molecule has 0 unspecified atom stereocenters. The van der Waals surface area contributed by atoms with Crippen LogP contribution in [0.1, 0.15) is 50.4 Å². The summed E-state index contributed by atoms with van der Waals surface area (Å²) in [4.78, 5) is 37.6. The highest BCUT2D eigenvalue weighted by Crippen LogP contribution is 2.40. The number of carbonyl (C=O) groups excluding carboxylic acids is 3. The van der Waals surface area contributed by atoms with Crippen molar-refractivity contribution in [3.8, 4) is 5.75 Å². The molecule has 30 heavy (non-hydrogen) atoms. The van der Waals surface area contributed by atoms with Gasteiger partial charge in [0.25, 0.3) is 0 Å². The Kier molecular flexibility index (Phi) is 5.46. The summed E-state index contributed by atoms with van der Waals surface area (Å²) in [6.45, 7) is 5.95. The number of benzene rings is 1. The Bertz CT molecular complexity index is 868. The van der Waals surface area contributed by atoms with Gasteiger partial charge in [-0.2, -0.15) is 13.2 Å². The summed E-state index contributed by atoms with van der Waals surface area (Å²) in [7, 11) is 0. The highest BCUT2D eigenvalue weighted by molar-refractivity contribution is 6.02. The van der Waals surface area contributed by atoms with Gasteiger partial charge in [0.2, 0.25) is 0 Å². The second-order valence-electron chi connectivity index (χ2n) is 8.52. The zero-order chi connectivity index (χ0) is 22.3. The minimum absolute atomic E-state index is 0.108. The van der Waals surface area contributed by atoms with Crippen LogP contribution in [-0.4, -0.2) is 53.2 Å².